The summed E-state index contributed by atoms with van der Waals surface area (Å²) < 4.78 is 32.6. The van der Waals surface area contributed by atoms with Crippen LogP contribution in [-0.2, 0) is 14.8 Å². The molecule has 1 aromatic carbocycles. The van der Waals surface area contributed by atoms with Crippen molar-refractivity contribution in [3.63, 3.8) is 0 Å². The quantitative estimate of drug-likeness (QED) is 0.902. The molecule has 1 saturated heterocycles. The maximum atomic E-state index is 12.5. The standard InChI is InChI=1S/C17H24N2O4S/c1-13-12-23-11-10-19(13)17(20)14-6-8-15(9-7-14)18-24(21,22)16-4-2-3-5-16/h6-9,13,16,18H,2-5,10-12H2,1H3. The average Bonchev–Trinajstić information content (AvgIpc) is 3.10. The molecule has 1 unspecified atom stereocenters. The summed E-state index contributed by atoms with van der Waals surface area (Å²) in [7, 11) is -3.34. The number of hydrogen-bond acceptors (Lipinski definition) is 4. The van der Waals surface area contributed by atoms with Gasteiger partial charge >= 0.3 is 0 Å². The SMILES string of the molecule is CC1COCCN1C(=O)c1ccc(NS(=O)(=O)C2CCCC2)cc1. The molecule has 1 saturated carbocycles. The zero-order chi connectivity index (χ0) is 17.2. The van der Waals surface area contributed by atoms with Crippen molar-refractivity contribution in [3.05, 3.63) is 29.8 Å². The number of nitrogens with one attached hydrogen (secondary N) is 1. The molecule has 7 heteroatoms. The molecular formula is C17H24N2O4S. The van der Waals surface area contributed by atoms with Crippen molar-refractivity contribution in [1.29, 1.82) is 0 Å². The molecule has 0 spiro atoms. The van der Waals surface area contributed by atoms with E-state index in [1.165, 1.54) is 0 Å². The first-order chi connectivity index (χ1) is 11.5. The fraction of sp³-hybridized carbons (Fsp3) is 0.588. The molecule has 0 bridgehead atoms. The molecule has 2 fully saturated rings. The first-order valence-electron chi connectivity index (χ1n) is 8.48. The lowest BCUT2D eigenvalue weighted by molar-refractivity contribution is 0.00359. The molecular weight excluding hydrogens is 328 g/mol. The fourth-order valence-corrected chi connectivity index (χ4v) is 4.91. The van der Waals surface area contributed by atoms with Crippen LogP contribution in [0.5, 0.6) is 0 Å². The van der Waals surface area contributed by atoms with E-state index in [0.29, 0.717) is 31.0 Å². The van der Waals surface area contributed by atoms with Gasteiger partial charge in [-0.1, -0.05) is 12.8 Å². The number of nitrogens with zero attached hydrogens (tertiary/aromatic N) is 1. The Balaban J connectivity index is 1.67. The molecule has 1 amide bonds. The van der Waals surface area contributed by atoms with Crippen LogP contribution in [0.3, 0.4) is 0 Å². The van der Waals surface area contributed by atoms with Crippen molar-refractivity contribution in [2.24, 2.45) is 0 Å². The smallest absolute Gasteiger partial charge is 0.254 e. The van der Waals surface area contributed by atoms with Crippen LogP contribution in [0.1, 0.15) is 43.0 Å². The zero-order valence-corrected chi connectivity index (χ0v) is 14.7. The number of anilines is 1. The Kier molecular flexibility index (Phi) is 5.10. The Morgan fingerprint density at radius 3 is 2.50 bits per heavy atom. The van der Waals surface area contributed by atoms with Gasteiger partial charge in [-0.15, -0.1) is 0 Å². The van der Waals surface area contributed by atoms with Crippen molar-refractivity contribution in [2.45, 2.75) is 43.9 Å². The molecule has 24 heavy (non-hydrogen) atoms. The first kappa shape index (κ1) is 17.2. The second kappa shape index (κ2) is 7.11. The molecule has 132 valence electrons. The Morgan fingerprint density at radius 1 is 1.21 bits per heavy atom. The summed E-state index contributed by atoms with van der Waals surface area (Å²) in [5, 5.41) is -0.298. The number of hydrogen-bond donors (Lipinski definition) is 1. The van der Waals surface area contributed by atoms with Crippen molar-refractivity contribution in [3.8, 4) is 0 Å². The van der Waals surface area contributed by atoms with Gasteiger partial charge in [0.25, 0.3) is 5.91 Å². The number of carbonyl (C=O) groups is 1. The normalized spacial score (nSPS) is 22.5. The van der Waals surface area contributed by atoms with Crippen LogP contribution in [-0.4, -0.2) is 50.3 Å². The van der Waals surface area contributed by atoms with E-state index in [4.69, 9.17) is 4.74 Å². The molecule has 1 aliphatic heterocycles. The van der Waals surface area contributed by atoms with E-state index in [-0.39, 0.29) is 17.2 Å². The topological polar surface area (TPSA) is 75.7 Å². The Hall–Kier alpha value is -1.60. The van der Waals surface area contributed by atoms with E-state index in [1.807, 2.05) is 6.92 Å². The first-order valence-corrected chi connectivity index (χ1v) is 10.0. The van der Waals surface area contributed by atoms with E-state index in [1.54, 1.807) is 29.2 Å². The van der Waals surface area contributed by atoms with Gasteiger partial charge in [-0.2, -0.15) is 0 Å². The molecule has 1 heterocycles. The molecule has 1 aliphatic carbocycles. The fourth-order valence-electron chi connectivity index (χ4n) is 3.32. The minimum atomic E-state index is -3.34. The van der Waals surface area contributed by atoms with Crippen molar-refractivity contribution >= 4 is 21.6 Å². The average molecular weight is 352 g/mol. The monoisotopic (exact) mass is 352 g/mol. The molecule has 2 aliphatic rings. The highest BCUT2D eigenvalue weighted by atomic mass is 32.2. The largest absolute Gasteiger partial charge is 0.377 e. The van der Waals surface area contributed by atoms with Gasteiger partial charge in [0.2, 0.25) is 10.0 Å². The van der Waals surface area contributed by atoms with Gasteiger partial charge in [0, 0.05) is 17.8 Å². The second-order valence-electron chi connectivity index (χ2n) is 6.55. The number of amides is 1. The summed E-state index contributed by atoms with van der Waals surface area (Å²) in [6, 6.07) is 6.72. The minimum absolute atomic E-state index is 0.0454. The van der Waals surface area contributed by atoms with Crippen LogP contribution in [0.2, 0.25) is 0 Å². The van der Waals surface area contributed by atoms with Gasteiger partial charge in [-0.05, 0) is 44.0 Å². The lowest BCUT2D eigenvalue weighted by atomic mass is 10.1. The molecule has 0 aromatic heterocycles. The predicted molar refractivity (Wildman–Crippen MR) is 92.6 cm³/mol. The highest BCUT2D eigenvalue weighted by Gasteiger charge is 2.29. The summed E-state index contributed by atoms with van der Waals surface area (Å²) in [5.74, 6) is -0.0454. The number of carbonyl (C=O) groups excluding carboxylic acids is 1. The van der Waals surface area contributed by atoms with Crippen LogP contribution >= 0.6 is 0 Å². The minimum Gasteiger partial charge on any atom is -0.377 e. The number of benzene rings is 1. The summed E-state index contributed by atoms with van der Waals surface area (Å²) in [5.41, 5.74) is 1.07. The van der Waals surface area contributed by atoms with Gasteiger partial charge in [0.05, 0.1) is 24.5 Å². The summed E-state index contributed by atoms with van der Waals surface area (Å²) in [6.07, 6.45) is 3.38. The number of sulfonamides is 1. The predicted octanol–water partition coefficient (Wildman–Crippen LogP) is 2.23. The lowest BCUT2D eigenvalue weighted by Gasteiger charge is -2.33. The van der Waals surface area contributed by atoms with Crippen LogP contribution in [0.25, 0.3) is 0 Å². The van der Waals surface area contributed by atoms with Crippen molar-refractivity contribution in [1.82, 2.24) is 4.90 Å². The van der Waals surface area contributed by atoms with Gasteiger partial charge in [-0.25, -0.2) is 8.42 Å². The maximum absolute atomic E-state index is 12.5. The maximum Gasteiger partial charge on any atom is 0.254 e. The lowest BCUT2D eigenvalue weighted by Crippen LogP contribution is -2.47. The van der Waals surface area contributed by atoms with Crippen LogP contribution in [0, 0.1) is 0 Å². The van der Waals surface area contributed by atoms with E-state index in [9.17, 15) is 13.2 Å². The van der Waals surface area contributed by atoms with Crippen molar-refractivity contribution < 1.29 is 17.9 Å². The third kappa shape index (κ3) is 3.72. The Bertz CT molecular complexity index is 681. The van der Waals surface area contributed by atoms with Crippen LogP contribution in [0.15, 0.2) is 24.3 Å². The van der Waals surface area contributed by atoms with Crippen LogP contribution < -0.4 is 4.72 Å². The van der Waals surface area contributed by atoms with E-state index < -0.39 is 10.0 Å². The molecule has 6 nitrogen and oxygen atoms in total. The third-order valence-corrected chi connectivity index (χ3v) is 6.63. The van der Waals surface area contributed by atoms with Gasteiger partial charge < -0.3 is 9.64 Å². The van der Waals surface area contributed by atoms with Gasteiger partial charge in [0.1, 0.15) is 0 Å². The van der Waals surface area contributed by atoms with Gasteiger partial charge in [0.15, 0.2) is 0 Å². The zero-order valence-electron chi connectivity index (χ0n) is 13.9. The van der Waals surface area contributed by atoms with E-state index >= 15 is 0 Å². The molecule has 0 radical (unpaired) electrons. The molecule has 3 rings (SSSR count). The van der Waals surface area contributed by atoms with E-state index in [2.05, 4.69) is 4.72 Å². The highest BCUT2D eigenvalue weighted by Crippen LogP contribution is 2.26. The third-order valence-electron chi connectivity index (χ3n) is 4.76. The number of ether oxygens (including phenoxy) is 1. The summed E-state index contributed by atoms with van der Waals surface area (Å²) >= 11 is 0. The molecule has 1 N–H and O–H groups in total. The second-order valence-corrected chi connectivity index (χ2v) is 8.51. The summed E-state index contributed by atoms with van der Waals surface area (Å²) in [6.45, 7) is 3.64. The highest BCUT2D eigenvalue weighted by molar-refractivity contribution is 7.93. The Morgan fingerprint density at radius 2 is 1.88 bits per heavy atom. The molecule has 1 aromatic rings. The molecule has 1 atom stereocenters. The number of rotatable bonds is 4. The van der Waals surface area contributed by atoms with Crippen molar-refractivity contribution in [2.75, 3.05) is 24.5 Å². The summed E-state index contributed by atoms with van der Waals surface area (Å²) in [4.78, 5) is 14.3. The van der Waals surface area contributed by atoms with Crippen LogP contribution in [0.4, 0.5) is 5.69 Å². The van der Waals surface area contributed by atoms with Gasteiger partial charge in [-0.3, -0.25) is 9.52 Å². The number of morpholine rings is 1. The van der Waals surface area contributed by atoms with E-state index in [0.717, 1.165) is 25.7 Å². The Labute approximate surface area is 143 Å².